The number of methoxy groups -OCH3 is 1. The molecule has 0 saturated heterocycles. The molecule has 1 aromatic rings. The fourth-order valence-electron chi connectivity index (χ4n) is 1.20. The van der Waals surface area contributed by atoms with Gasteiger partial charge in [0.15, 0.2) is 5.78 Å². The quantitative estimate of drug-likeness (QED) is 0.589. The third-order valence-corrected chi connectivity index (χ3v) is 1.91. The van der Waals surface area contributed by atoms with Crippen LogP contribution in [0.4, 0.5) is 0 Å². The molecule has 0 fully saturated rings. The second kappa shape index (κ2) is 5.92. The molecule has 1 N–H and O–H groups in total. The maximum atomic E-state index is 11.4. The van der Waals surface area contributed by atoms with Gasteiger partial charge in [-0.1, -0.05) is 12.7 Å². The fraction of sp³-hybridized carbons (Fsp3) is 0.250. The van der Waals surface area contributed by atoms with E-state index in [9.17, 15) is 9.90 Å². The Labute approximate surface area is 94.1 Å². The Morgan fingerprint density at radius 1 is 1.56 bits per heavy atom. The molecular formula is C12H14O4. The summed E-state index contributed by atoms with van der Waals surface area (Å²) in [7, 11) is 1.43. The highest BCUT2D eigenvalue weighted by Gasteiger charge is 2.11. The number of phenols is 1. The van der Waals surface area contributed by atoms with E-state index in [1.54, 1.807) is 12.1 Å². The second-order valence-corrected chi connectivity index (χ2v) is 3.13. The van der Waals surface area contributed by atoms with Crippen molar-refractivity contribution in [2.45, 2.75) is 0 Å². The lowest BCUT2D eigenvalue weighted by Gasteiger charge is -2.06. The summed E-state index contributed by atoms with van der Waals surface area (Å²) in [6, 6.07) is 4.52. The summed E-state index contributed by atoms with van der Waals surface area (Å²) in [5, 5.41) is 9.61. The summed E-state index contributed by atoms with van der Waals surface area (Å²) in [5.41, 5.74) is 0.229. The number of hydrogen-bond donors (Lipinski definition) is 1. The Morgan fingerprint density at radius 2 is 2.31 bits per heavy atom. The molecule has 0 aromatic heterocycles. The Morgan fingerprint density at radius 3 is 2.88 bits per heavy atom. The zero-order valence-electron chi connectivity index (χ0n) is 9.10. The van der Waals surface area contributed by atoms with Crippen LogP contribution >= 0.6 is 0 Å². The minimum atomic E-state index is -0.268. The number of benzene rings is 1. The van der Waals surface area contributed by atoms with Gasteiger partial charge in [-0.3, -0.25) is 4.79 Å². The lowest BCUT2D eigenvalue weighted by atomic mass is 10.1. The maximum absolute atomic E-state index is 11.4. The molecule has 0 bridgehead atoms. The molecule has 1 aromatic carbocycles. The number of phenolic OH excluding ortho intramolecular Hbond substituents is 1. The van der Waals surface area contributed by atoms with E-state index < -0.39 is 0 Å². The van der Waals surface area contributed by atoms with Crippen molar-refractivity contribution in [2.75, 3.05) is 20.3 Å². The van der Waals surface area contributed by atoms with E-state index in [4.69, 9.17) is 9.47 Å². The maximum Gasteiger partial charge on any atom is 0.192 e. The molecule has 4 nitrogen and oxygen atoms in total. The highest BCUT2D eigenvalue weighted by Crippen LogP contribution is 2.24. The van der Waals surface area contributed by atoms with Crippen LogP contribution in [0.25, 0.3) is 0 Å². The summed E-state index contributed by atoms with van der Waals surface area (Å²) in [4.78, 5) is 11.4. The van der Waals surface area contributed by atoms with E-state index in [0.717, 1.165) is 0 Å². The van der Waals surface area contributed by atoms with Crippen LogP contribution in [0.5, 0.6) is 11.5 Å². The van der Waals surface area contributed by atoms with Gasteiger partial charge in [-0.2, -0.15) is 0 Å². The van der Waals surface area contributed by atoms with Crippen LogP contribution in [0.2, 0.25) is 0 Å². The van der Waals surface area contributed by atoms with Gasteiger partial charge in [-0.15, -0.1) is 0 Å². The third kappa shape index (κ3) is 3.10. The van der Waals surface area contributed by atoms with Crippen LogP contribution in [0, 0.1) is 0 Å². The number of rotatable bonds is 6. The van der Waals surface area contributed by atoms with Crippen molar-refractivity contribution in [3.8, 4) is 11.5 Å². The van der Waals surface area contributed by atoms with Crippen LogP contribution in [-0.2, 0) is 4.74 Å². The molecule has 0 atom stereocenters. The van der Waals surface area contributed by atoms with Crippen LogP contribution in [-0.4, -0.2) is 31.2 Å². The molecule has 4 heteroatoms. The van der Waals surface area contributed by atoms with E-state index in [1.807, 2.05) is 0 Å². The van der Waals surface area contributed by atoms with Crippen LogP contribution < -0.4 is 4.74 Å². The number of carbonyl (C=O) groups is 1. The summed E-state index contributed by atoms with van der Waals surface area (Å²) in [5.74, 6) is 0.116. The number of carbonyl (C=O) groups excluding carboxylic acids is 1. The lowest BCUT2D eigenvalue weighted by molar-refractivity contribution is 0.0845. The Balaban J connectivity index is 2.82. The first-order chi connectivity index (χ1) is 7.69. The van der Waals surface area contributed by atoms with Crippen molar-refractivity contribution >= 4 is 5.78 Å². The first-order valence-corrected chi connectivity index (χ1v) is 4.78. The van der Waals surface area contributed by atoms with Crippen molar-refractivity contribution in [2.24, 2.45) is 0 Å². The van der Waals surface area contributed by atoms with Gasteiger partial charge in [0.25, 0.3) is 0 Å². The van der Waals surface area contributed by atoms with Gasteiger partial charge in [0.2, 0.25) is 0 Å². The molecule has 0 spiro atoms. The zero-order valence-corrected chi connectivity index (χ0v) is 9.10. The first kappa shape index (κ1) is 12.3. The average Bonchev–Trinajstić information content (AvgIpc) is 2.26. The predicted octanol–water partition coefficient (Wildman–Crippen LogP) is 1.79. The Kier molecular flexibility index (Phi) is 4.54. The highest BCUT2D eigenvalue weighted by molar-refractivity contribution is 5.99. The molecule has 1 rings (SSSR count). The normalized spacial score (nSPS) is 9.81. The largest absolute Gasteiger partial charge is 0.507 e. The topological polar surface area (TPSA) is 55.8 Å². The molecule has 0 heterocycles. The van der Waals surface area contributed by atoms with E-state index in [-0.39, 0.29) is 23.7 Å². The molecule has 0 aliphatic carbocycles. The smallest absolute Gasteiger partial charge is 0.192 e. The number of hydrogen-bond acceptors (Lipinski definition) is 4. The average molecular weight is 222 g/mol. The number of aromatic hydroxyl groups is 1. The number of Topliss-reactive ketones (excluding diaryl/α,β-unsaturated/α-hetero) is 1. The molecule has 0 unspecified atom stereocenters. The lowest BCUT2D eigenvalue weighted by Crippen LogP contribution is -2.07. The third-order valence-electron chi connectivity index (χ3n) is 1.91. The standard InChI is InChI=1S/C12H14O4/c1-3-6-16-9-4-5-10(11(13)7-9)12(14)8-15-2/h3-5,7,13H,1,6,8H2,2H3. The predicted molar refractivity (Wildman–Crippen MR) is 60.0 cm³/mol. The summed E-state index contributed by atoms with van der Waals surface area (Å²) in [6.45, 7) is 3.81. The van der Waals surface area contributed by atoms with Crippen molar-refractivity contribution < 1.29 is 19.4 Å². The SMILES string of the molecule is C=CCOc1ccc(C(=O)COC)c(O)c1. The van der Waals surface area contributed by atoms with Crippen LogP contribution in [0.1, 0.15) is 10.4 Å². The van der Waals surface area contributed by atoms with Crippen molar-refractivity contribution in [3.63, 3.8) is 0 Å². The zero-order chi connectivity index (χ0) is 12.0. The van der Waals surface area contributed by atoms with Crippen molar-refractivity contribution in [1.29, 1.82) is 0 Å². The summed E-state index contributed by atoms with van der Waals surface area (Å²) in [6.07, 6.45) is 1.60. The van der Waals surface area contributed by atoms with E-state index >= 15 is 0 Å². The fourth-order valence-corrected chi connectivity index (χ4v) is 1.20. The molecule has 0 aliphatic rings. The van der Waals surface area contributed by atoms with Gasteiger partial charge in [0, 0.05) is 13.2 Å². The molecule has 16 heavy (non-hydrogen) atoms. The summed E-state index contributed by atoms with van der Waals surface area (Å²) < 4.78 is 9.91. The van der Waals surface area contributed by atoms with Gasteiger partial charge in [0.05, 0.1) is 5.56 Å². The number of ether oxygens (including phenoxy) is 2. The molecule has 0 aliphatic heterocycles. The second-order valence-electron chi connectivity index (χ2n) is 3.13. The van der Waals surface area contributed by atoms with Gasteiger partial charge >= 0.3 is 0 Å². The van der Waals surface area contributed by atoms with Crippen LogP contribution in [0.3, 0.4) is 0 Å². The van der Waals surface area contributed by atoms with Gasteiger partial charge < -0.3 is 14.6 Å². The van der Waals surface area contributed by atoms with Gasteiger partial charge in [-0.25, -0.2) is 0 Å². The highest BCUT2D eigenvalue weighted by atomic mass is 16.5. The van der Waals surface area contributed by atoms with E-state index in [1.165, 1.54) is 19.2 Å². The minimum Gasteiger partial charge on any atom is -0.507 e. The first-order valence-electron chi connectivity index (χ1n) is 4.78. The van der Waals surface area contributed by atoms with Gasteiger partial charge in [-0.05, 0) is 12.1 Å². The molecule has 0 saturated carbocycles. The van der Waals surface area contributed by atoms with Crippen molar-refractivity contribution in [1.82, 2.24) is 0 Å². The number of ketones is 1. The molecular weight excluding hydrogens is 208 g/mol. The van der Waals surface area contributed by atoms with E-state index in [2.05, 4.69) is 6.58 Å². The molecule has 0 radical (unpaired) electrons. The molecule has 0 amide bonds. The van der Waals surface area contributed by atoms with Crippen LogP contribution in [0.15, 0.2) is 30.9 Å². The minimum absolute atomic E-state index is 0.0551. The summed E-state index contributed by atoms with van der Waals surface area (Å²) >= 11 is 0. The van der Waals surface area contributed by atoms with E-state index in [0.29, 0.717) is 12.4 Å². The van der Waals surface area contributed by atoms with Gasteiger partial charge in [0.1, 0.15) is 24.7 Å². The molecule has 86 valence electrons. The van der Waals surface area contributed by atoms with Crippen molar-refractivity contribution in [3.05, 3.63) is 36.4 Å². The monoisotopic (exact) mass is 222 g/mol. The Hall–Kier alpha value is -1.81. The Bertz CT molecular complexity index is 385.